The molecule has 0 heterocycles. The SMILES string of the molecule is Nc1ccc2cc(S(=O)(=O)[O-])ccc2c1S(=O)(=O)[O-]. The first kappa shape index (κ1) is 13.7. The van der Waals surface area contributed by atoms with Crippen molar-refractivity contribution in [3.8, 4) is 0 Å². The van der Waals surface area contributed by atoms with Crippen LogP contribution < -0.4 is 5.73 Å². The number of hydrogen-bond acceptors (Lipinski definition) is 7. The molecule has 0 fully saturated rings. The molecule has 102 valence electrons. The highest BCUT2D eigenvalue weighted by atomic mass is 32.2. The monoisotopic (exact) mass is 301 g/mol. The van der Waals surface area contributed by atoms with Crippen LogP contribution in [0.4, 0.5) is 5.69 Å². The van der Waals surface area contributed by atoms with Gasteiger partial charge in [0.25, 0.3) is 0 Å². The normalized spacial score (nSPS) is 12.7. The Kier molecular flexibility index (Phi) is 3.01. The van der Waals surface area contributed by atoms with Gasteiger partial charge in [-0.05, 0) is 23.6 Å². The van der Waals surface area contributed by atoms with Gasteiger partial charge in [-0.1, -0.05) is 12.1 Å². The number of nitrogen functional groups attached to an aromatic ring is 1. The van der Waals surface area contributed by atoms with Gasteiger partial charge in [-0.2, -0.15) is 0 Å². The van der Waals surface area contributed by atoms with Crippen LogP contribution in [0.25, 0.3) is 10.8 Å². The quantitative estimate of drug-likeness (QED) is 0.618. The maximum absolute atomic E-state index is 11.1. The Labute approximate surface area is 109 Å². The van der Waals surface area contributed by atoms with E-state index in [0.717, 1.165) is 24.3 Å². The summed E-state index contributed by atoms with van der Waals surface area (Å²) in [6.45, 7) is 0. The molecule has 2 N–H and O–H groups in total. The minimum absolute atomic E-state index is 0.0256. The molecule has 0 bridgehead atoms. The molecule has 0 spiro atoms. The summed E-state index contributed by atoms with van der Waals surface area (Å²) in [4.78, 5) is -1.14. The fourth-order valence-electron chi connectivity index (χ4n) is 1.73. The molecule has 0 radical (unpaired) electrons. The van der Waals surface area contributed by atoms with E-state index >= 15 is 0 Å². The summed E-state index contributed by atoms with van der Waals surface area (Å²) in [6.07, 6.45) is 0. The number of anilines is 1. The van der Waals surface area contributed by atoms with Crippen LogP contribution in [0.2, 0.25) is 0 Å². The third-order valence-electron chi connectivity index (χ3n) is 2.51. The molecule has 19 heavy (non-hydrogen) atoms. The van der Waals surface area contributed by atoms with Crippen molar-refractivity contribution in [1.82, 2.24) is 0 Å². The molecule has 2 rings (SSSR count). The van der Waals surface area contributed by atoms with Crippen molar-refractivity contribution in [3.05, 3.63) is 30.3 Å². The average molecular weight is 301 g/mol. The standard InChI is InChI=1S/C10H9NO6S2/c11-9-4-1-6-5-7(18(12,13)14)2-3-8(6)10(9)19(15,16)17/h1-5H,11H2,(H,12,13,14)(H,15,16,17)/p-2. The van der Waals surface area contributed by atoms with Gasteiger partial charge in [0, 0.05) is 11.1 Å². The van der Waals surface area contributed by atoms with Crippen LogP contribution in [0.5, 0.6) is 0 Å². The van der Waals surface area contributed by atoms with Gasteiger partial charge in [0.05, 0.1) is 9.79 Å². The lowest BCUT2D eigenvalue weighted by Crippen LogP contribution is -2.05. The summed E-state index contributed by atoms with van der Waals surface area (Å²) in [7, 11) is -9.47. The van der Waals surface area contributed by atoms with Crippen molar-refractivity contribution < 1.29 is 25.9 Å². The molecular formula is C10H7NO6S2-2. The Morgan fingerprint density at radius 1 is 0.895 bits per heavy atom. The van der Waals surface area contributed by atoms with E-state index in [1.807, 2.05) is 0 Å². The maximum atomic E-state index is 11.1. The van der Waals surface area contributed by atoms with E-state index in [-0.39, 0.29) is 16.5 Å². The molecule has 0 unspecified atom stereocenters. The van der Waals surface area contributed by atoms with E-state index in [9.17, 15) is 25.9 Å². The predicted octanol–water partition coefficient (Wildman–Crippen LogP) is 0.230. The lowest BCUT2D eigenvalue weighted by atomic mass is 10.1. The van der Waals surface area contributed by atoms with Crippen molar-refractivity contribution >= 4 is 36.7 Å². The third kappa shape index (κ3) is 2.54. The zero-order chi connectivity index (χ0) is 14.4. The van der Waals surface area contributed by atoms with E-state index in [2.05, 4.69) is 0 Å². The van der Waals surface area contributed by atoms with Crippen LogP contribution in [0.3, 0.4) is 0 Å². The summed E-state index contributed by atoms with van der Waals surface area (Å²) in [6, 6.07) is 5.48. The second-order valence-corrected chi connectivity index (χ2v) is 6.47. The first-order valence-electron chi connectivity index (χ1n) is 4.85. The fourth-order valence-corrected chi connectivity index (χ4v) is 3.05. The summed E-state index contributed by atoms with van der Waals surface area (Å²) in [5.41, 5.74) is 5.20. The van der Waals surface area contributed by atoms with E-state index in [0.29, 0.717) is 0 Å². The van der Waals surface area contributed by atoms with Crippen molar-refractivity contribution in [2.75, 3.05) is 5.73 Å². The van der Waals surface area contributed by atoms with Gasteiger partial charge in [-0.25, -0.2) is 16.8 Å². The van der Waals surface area contributed by atoms with Gasteiger partial charge < -0.3 is 14.8 Å². The molecule has 2 aromatic carbocycles. The van der Waals surface area contributed by atoms with E-state index in [1.165, 1.54) is 6.07 Å². The highest BCUT2D eigenvalue weighted by Crippen LogP contribution is 2.29. The molecule has 0 atom stereocenters. The summed E-state index contributed by atoms with van der Waals surface area (Å²) in [5.74, 6) is 0. The molecule has 7 nitrogen and oxygen atoms in total. The van der Waals surface area contributed by atoms with E-state index < -0.39 is 30.0 Å². The first-order chi connectivity index (χ1) is 8.60. The smallest absolute Gasteiger partial charge is 0.127 e. The molecule has 0 aromatic heterocycles. The van der Waals surface area contributed by atoms with Crippen LogP contribution in [-0.4, -0.2) is 25.9 Å². The minimum Gasteiger partial charge on any atom is -0.744 e. The molecule has 0 amide bonds. The summed E-state index contributed by atoms with van der Waals surface area (Å²) >= 11 is 0. The molecule has 0 aliphatic carbocycles. The molecule has 0 aliphatic heterocycles. The number of benzene rings is 2. The molecule has 0 saturated heterocycles. The topological polar surface area (TPSA) is 140 Å². The van der Waals surface area contributed by atoms with Crippen molar-refractivity contribution in [3.63, 3.8) is 0 Å². The van der Waals surface area contributed by atoms with Gasteiger partial charge in [-0.3, -0.25) is 0 Å². The Hall–Kier alpha value is -1.68. The number of fused-ring (bicyclic) bond motifs is 1. The number of rotatable bonds is 2. The molecular weight excluding hydrogens is 294 g/mol. The fraction of sp³-hybridized carbons (Fsp3) is 0. The zero-order valence-corrected chi connectivity index (χ0v) is 10.9. The zero-order valence-electron chi connectivity index (χ0n) is 9.23. The Bertz CT molecular complexity index is 870. The first-order valence-corrected chi connectivity index (χ1v) is 7.66. The van der Waals surface area contributed by atoms with Gasteiger partial charge >= 0.3 is 0 Å². The lowest BCUT2D eigenvalue weighted by molar-refractivity contribution is 0.462. The molecule has 0 aliphatic rings. The van der Waals surface area contributed by atoms with Gasteiger partial charge in [-0.15, -0.1) is 0 Å². The Morgan fingerprint density at radius 3 is 2.05 bits per heavy atom. The van der Waals surface area contributed by atoms with Crippen LogP contribution in [0, 0.1) is 0 Å². The minimum atomic E-state index is -4.81. The van der Waals surface area contributed by atoms with Crippen molar-refractivity contribution in [1.29, 1.82) is 0 Å². The maximum Gasteiger partial charge on any atom is 0.127 e. The second-order valence-electron chi connectivity index (χ2n) is 3.78. The van der Waals surface area contributed by atoms with Crippen LogP contribution in [0.15, 0.2) is 40.1 Å². The predicted molar refractivity (Wildman–Crippen MR) is 64.3 cm³/mol. The van der Waals surface area contributed by atoms with Gasteiger partial charge in [0.1, 0.15) is 20.2 Å². The molecule has 2 aromatic rings. The van der Waals surface area contributed by atoms with E-state index in [4.69, 9.17) is 5.73 Å². The average Bonchev–Trinajstić information content (AvgIpc) is 2.25. The van der Waals surface area contributed by atoms with Gasteiger partial charge in [0.2, 0.25) is 0 Å². The third-order valence-corrected chi connectivity index (χ3v) is 4.30. The highest BCUT2D eigenvalue weighted by molar-refractivity contribution is 7.86. The second kappa shape index (κ2) is 4.17. The number of hydrogen-bond donors (Lipinski definition) is 1. The molecule has 9 heteroatoms. The van der Waals surface area contributed by atoms with Crippen LogP contribution in [0.1, 0.15) is 0 Å². The van der Waals surface area contributed by atoms with Crippen LogP contribution in [-0.2, 0) is 20.2 Å². The highest BCUT2D eigenvalue weighted by Gasteiger charge is 2.13. The van der Waals surface area contributed by atoms with Crippen molar-refractivity contribution in [2.45, 2.75) is 9.79 Å². The molecule has 0 saturated carbocycles. The lowest BCUT2D eigenvalue weighted by Gasteiger charge is -2.14. The van der Waals surface area contributed by atoms with E-state index in [1.54, 1.807) is 0 Å². The number of nitrogens with two attached hydrogens (primary N) is 1. The largest absolute Gasteiger partial charge is 0.744 e. The summed E-state index contributed by atoms with van der Waals surface area (Å²) < 4.78 is 66.0. The Morgan fingerprint density at radius 2 is 1.53 bits per heavy atom. The Balaban J connectivity index is 2.91. The summed E-state index contributed by atoms with van der Waals surface area (Å²) in [5, 5.41) is 0.1000. The van der Waals surface area contributed by atoms with Crippen LogP contribution >= 0.6 is 0 Å². The van der Waals surface area contributed by atoms with Crippen molar-refractivity contribution in [2.24, 2.45) is 0 Å². The van der Waals surface area contributed by atoms with Gasteiger partial charge in [0.15, 0.2) is 0 Å².